The van der Waals surface area contributed by atoms with E-state index in [-0.39, 0.29) is 17.2 Å². The quantitative estimate of drug-likeness (QED) is 0.420. The highest BCUT2D eigenvalue weighted by atomic mass is 35.5. The van der Waals surface area contributed by atoms with Crippen LogP contribution in [0.25, 0.3) is 6.08 Å². The number of rotatable bonds is 5. The fraction of sp³-hybridized carbons (Fsp3) is 0.0526. The van der Waals surface area contributed by atoms with E-state index in [2.05, 4.69) is 10.6 Å². The van der Waals surface area contributed by atoms with E-state index in [0.717, 1.165) is 6.08 Å². The van der Waals surface area contributed by atoms with Crippen molar-refractivity contribution in [1.82, 2.24) is 5.32 Å². The molecule has 30 heavy (non-hydrogen) atoms. The maximum absolute atomic E-state index is 13.4. The van der Waals surface area contributed by atoms with Gasteiger partial charge in [-0.15, -0.1) is 0 Å². The van der Waals surface area contributed by atoms with Crippen LogP contribution in [0.5, 0.6) is 0 Å². The summed E-state index contributed by atoms with van der Waals surface area (Å²) in [6.45, 7) is 1.27. The molecule has 0 radical (unpaired) electrons. The molecule has 0 saturated carbocycles. The van der Waals surface area contributed by atoms with Crippen LogP contribution in [0.1, 0.15) is 22.8 Å². The molecule has 4 amide bonds. The van der Waals surface area contributed by atoms with Crippen molar-refractivity contribution >= 4 is 52.9 Å². The summed E-state index contributed by atoms with van der Waals surface area (Å²) in [4.78, 5) is 46.3. The molecule has 0 heterocycles. The van der Waals surface area contributed by atoms with Crippen LogP contribution in [0.3, 0.4) is 0 Å². The molecule has 0 unspecified atom stereocenters. The minimum atomic E-state index is -1.32. The fourth-order valence-electron chi connectivity index (χ4n) is 2.27. The molecule has 2 aromatic carbocycles. The Kier molecular flexibility index (Phi) is 7.21. The second-order valence-electron chi connectivity index (χ2n) is 5.81. The van der Waals surface area contributed by atoms with Crippen molar-refractivity contribution in [2.75, 3.05) is 10.6 Å². The largest absolute Gasteiger partial charge is 0.478 e. The standard InChI is InChI=1S/C19H14ClF2N3O5/c1-9(26)23-11-4-2-10(3-5-17(27)28)16(6-11)24-19(30)25-18(29)12-7-14(21)15(22)8-13(12)20/h2-8H,1H3,(H,23,26)(H,27,28)(H2,24,25,29,30)/b5-3+. The number of benzene rings is 2. The molecule has 0 aliphatic rings. The third-order valence-corrected chi connectivity index (χ3v) is 3.82. The van der Waals surface area contributed by atoms with E-state index in [4.69, 9.17) is 16.7 Å². The minimum Gasteiger partial charge on any atom is -0.478 e. The highest BCUT2D eigenvalue weighted by molar-refractivity contribution is 6.34. The van der Waals surface area contributed by atoms with Gasteiger partial charge in [-0.3, -0.25) is 14.9 Å². The summed E-state index contributed by atoms with van der Waals surface area (Å²) in [7, 11) is 0. The minimum absolute atomic E-state index is 0.0560. The first-order valence-corrected chi connectivity index (χ1v) is 8.54. The van der Waals surface area contributed by atoms with Crippen molar-refractivity contribution < 1.29 is 33.1 Å². The average molecular weight is 438 g/mol. The molecule has 2 aromatic rings. The zero-order valence-electron chi connectivity index (χ0n) is 15.3. The van der Waals surface area contributed by atoms with E-state index in [1.165, 1.54) is 31.2 Å². The Morgan fingerprint density at radius 1 is 1.03 bits per heavy atom. The van der Waals surface area contributed by atoms with Crippen LogP contribution in [0.15, 0.2) is 36.4 Å². The number of amides is 4. The second kappa shape index (κ2) is 9.61. The zero-order chi connectivity index (χ0) is 22.4. The van der Waals surface area contributed by atoms with E-state index in [9.17, 15) is 28.0 Å². The van der Waals surface area contributed by atoms with Gasteiger partial charge in [0.25, 0.3) is 5.91 Å². The molecule has 0 aromatic heterocycles. The maximum atomic E-state index is 13.4. The lowest BCUT2D eigenvalue weighted by molar-refractivity contribution is -0.131. The molecular weight excluding hydrogens is 424 g/mol. The van der Waals surface area contributed by atoms with Gasteiger partial charge in [-0.25, -0.2) is 18.4 Å². The van der Waals surface area contributed by atoms with Gasteiger partial charge < -0.3 is 15.7 Å². The van der Waals surface area contributed by atoms with Gasteiger partial charge in [-0.2, -0.15) is 0 Å². The molecule has 0 atom stereocenters. The van der Waals surface area contributed by atoms with Crippen LogP contribution in [-0.4, -0.2) is 28.9 Å². The normalized spacial score (nSPS) is 10.5. The van der Waals surface area contributed by atoms with Crippen LogP contribution in [0.4, 0.5) is 25.0 Å². The number of imide groups is 1. The summed E-state index contributed by atoms with van der Waals surface area (Å²) >= 11 is 5.70. The summed E-state index contributed by atoms with van der Waals surface area (Å²) in [5.74, 6) is -5.31. The van der Waals surface area contributed by atoms with E-state index in [1.807, 2.05) is 5.32 Å². The molecule has 156 valence electrons. The van der Waals surface area contributed by atoms with Crippen molar-refractivity contribution in [2.24, 2.45) is 0 Å². The number of carbonyl (C=O) groups excluding carboxylic acids is 3. The van der Waals surface area contributed by atoms with Gasteiger partial charge in [-0.05, 0) is 35.9 Å². The van der Waals surface area contributed by atoms with Crippen molar-refractivity contribution in [1.29, 1.82) is 0 Å². The molecule has 8 nitrogen and oxygen atoms in total. The molecular formula is C19H14ClF2N3O5. The van der Waals surface area contributed by atoms with Crippen LogP contribution in [0.2, 0.25) is 5.02 Å². The van der Waals surface area contributed by atoms with Gasteiger partial charge >= 0.3 is 12.0 Å². The summed E-state index contributed by atoms with van der Waals surface area (Å²) < 4.78 is 26.5. The molecule has 0 saturated heterocycles. The number of urea groups is 1. The number of aliphatic carboxylic acids is 1. The number of hydrogen-bond acceptors (Lipinski definition) is 4. The van der Waals surface area contributed by atoms with Gasteiger partial charge in [0, 0.05) is 18.7 Å². The Labute approximate surface area is 173 Å². The van der Waals surface area contributed by atoms with E-state index in [1.54, 1.807) is 0 Å². The van der Waals surface area contributed by atoms with Crippen LogP contribution in [-0.2, 0) is 9.59 Å². The number of nitrogens with one attached hydrogen (secondary N) is 3. The second-order valence-corrected chi connectivity index (χ2v) is 6.22. The monoisotopic (exact) mass is 437 g/mol. The van der Waals surface area contributed by atoms with Crippen LogP contribution in [0, 0.1) is 11.6 Å². The number of carboxylic acids is 1. The lowest BCUT2D eigenvalue weighted by Gasteiger charge is -2.12. The molecule has 0 fully saturated rings. The van der Waals surface area contributed by atoms with Gasteiger partial charge in [-0.1, -0.05) is 17.7 Å². The number of carbonyl (C=O) groups is 4. The van der Waals surface area contributed by atoms with Crippen molar-refractivity contribution in [3.8, 4) is 0 Å². The van der Waals surface area contributed by atoms with Crippen molar-refractivity contribution in [2.45, 2.75) is 6.92 Å². The Balaban J connectivity index is 2.25. The Bertz CT molecular complexity index is 1070. The van der Waals surface area contributed by atoms with E-state index < -0.39 is 40.1 Å². The van der Waals surface area contributed by atoms with Crippen molar-refractivity contribution in [3.05, 3.63) is 64.2 Å². The molecule has 2 rings (SSSR count). The Morgan fingerprint density at radius 3 is 2.33 bits per heavy atom. The van der Waals surface area contributed by atoms with Gasteiger partial charge in [0.2, 0.25) is 5.91 Å². The van der Waals surface area contributed by atoms with Gasteiger partial charge in [0.15, 0.2) is 11.6 Å². The molecule has 0 aliphatic carbocycles. The lowest BCUT2D eigenvalue weighted by atomic mass is 10.1. The summed E-state index contributed by atoms with van der Waals surface area (Å²) in [5.41, 5.74) is 0.129. The predicted molar refractivity (Wildman–Crippen MR) is 105 cm³/mol. The molecule has 0 bridgehead atoms. The van der Waals surface area contributed by atoms with E-state index >= 15 is 0 Å². The molecule has 0 aliphatic heterocycles. The highest BCUT2D eigenvalue weighted by Gasteiger charge is 2.18. The number of halogens is 3. The zero-order valence-corrected chi connectivity index (χ0v) is 16.0. The lowest BCUT2D eigenvalue weighted by Crippen LogP contribution is -2.34. The Morgan fingerprint density at radius 2 is 1.70 bits per heavy atom. The number of hydrogen-bond donors (Lipinski definition) is 4. The summed E-state index contributed by atoms with van der Waals surface area (Å²) in [6, 6.07) is 4.30. The van der Waals surface area contributed by atoms with Gasteiger partial charge in [0.05, 0.1) is 16.3 Å². The third-order valence-electron chi connectivity index (χ3n) is 3.51. The topological polar surface area (TPSA) is 125 Å². The predicted octanol–water partition coefficient (Wildman–Crippen LogP) is 3.64. The summed E-state index contributed by atoms with van der Waals surface area (Å²) in [5, 5.41) is 15.1. The van der Waals surface area contributed by atoms with Crippen LogP contribution < -0.4 is 16.0 Å². The maximum Gasteiger partial charge on any atom is 0.328 e. The van der Waals surface area contributed by atoms with Crippen molar-refractivity contribution in [3.63, 3.8) is 0 Å². The van der Waals surface area contributed by atoms with E-state index in [0.29, 0.717) is 17.8 Å². The SMILES string of the molecule is CC(=O)Nc1ccc(/C=C/C(=O)O)c(NC(=O)NC(=O)c2cc(F)c(F)cc2Cl)c1. The summed E-state index contributed by atoms with van der Waals surface area (Å²) in [6.07, 6.45) is 2.01. The van der Waals surface area contributed by atoms with Gasteiger partial charge in [0.1, 0.15) is 0 Å². The van der Waals surface area contributed by atoms with Crippen LogP contribution >= 0.6 is 11.6 Å². The highest BCUT2D eigenvalue weighted by Crippen LogP contribution is 2.23. The third kappa shape index (κ3) is 6.11. The first-order valence-electron chi connectivity index (χ1n) is 8.16. The molecule has 4 N–H and O–H groups in total. The number of carboxylic acid groups (broad SMARTS) is 1. The Hall–Kier alpha value is -3.79. The average Bonchev–Trinajstić information content (AvgIpc) is 2.63. The fourth-order valence-corrected chi connectivity index (χ4v) is 2.51. The molecule has 11 heteroatoms. The molecule has 0 spiro atoms. The smallest absolute Gasteiger partial charge is 0.328 e. The number of anilines is 2. The first kappa shape index (κ1) is 22.5. The first-order chi connectivity index (χ1) is 14.1.